The first-order valence-corrected chi connectivity index (χ1v) is 10.5. The molecule has 0 bridgehead atoms. The van der Waals surface area contributed by atoms with Crippen molar-refractivity contribution < 1.29 is 4.74 Å². The first kappa shape index (κ1) is 19.3. The average molecular weight is 402 g/mol. The van der Waals surface area contributed by atoms with Gasteiger partial charge in [-0.3, -0.25) is 18.7 Å². The van der Waals surface area contributed by atoms with Crippen LogP contribution in [0.15, 0.2) is 29.1 Å². The van der Waals surface area contributed by atoms with Crippen LogP contribution in [0.25, 0.3) is 16.7 Å². The van der Waals surface area contributed by atoms with E-state index >= 15 is 0 Å². The van der Waals surface area contributed by atoms with E-state index in [4.69, 9.17) is 22.1 Å². The van der Waals surface area contributed by atoms with Crippen molar-refractivity contribution in [3.05, 3.63) is 39.4 Å². The summed E-state index contributed by atoms with van der Waals surface area (Å²) in [6.45, 7) is 6.64. The minimum Gasteiger partial charge on any atom is -0.382 e. The van der Waals surface area contributed by atoms with Crippen molar-refractivity contribution in [1.82, 2.24) is 23.6 Å². The molecule has 0 spiro atoms. The Balaban J connectivity index is 1.81. The monoisotopic (exact) mass is 401 g/mol. The second-order valence-electron chi connectivity index (χ2n) is 7.26. The van der Waals surface area contributed by atoms with Crippen LogP contribution >= 0.6 is 12.2 Å². The highest BCUT2D eigenvalue weighted by Crippen LogP contribution is 2.16. The topological polar surface area (TPSA) is 56.7 Å². The number of aryl methyl sites for hydroxylation is 1. The number of hydrogen-bond acceptors (Lipinski definition) is 5. The summed E-state index contributed by atoms with van der Waals surface area (Å²) >= 11 is 5.78. The summed E-state index contributed by atoms with van der Waals surface area (Å²) in [5.41, 5.74) is 0.795. The van der Waals surface area contributed by atoms with Gasteiger partial charge in [-0.05, 0) is 63.6 Å². The number of fused-ring (bicyclic) bond motifs is 3. The van der Waals surface area contributed by atoms with Crippen LogP contribution in [0.5, 0.6) is 0 Å². The van der Waals surface area contributed by atoms with E-state index in [1.54, 1.807) is 4.57 Å². The van der Waals surface area contributed by atoms with E-state index in [2.05, 4.69) is 4.90 Å². The molecule has 0 radical (unpaired) electrons. The van der Waals surface area contributed by atoms with Crippen LogP contribution in [-0.4, -0.2) is 50.0 Å². The van der Waals surface area contributed by atoms with Crippen molar-refractivity contribution in [2.24, 2.45) is 0 Å². The Labute approximate surface area is 169 Å². The number of aromatic nitrogens is 4. The maximum Gasteiger partial charge on any atom is 0.262 e. The Bertz CT molecular complexity index is 1080. The molecule has 3 heterocycles. The summed E-state index contributed by atoms with van der Waals surface area (Å²) in [7, 11) is 0. The van der Waals surface area contributed by atoms with Gasteiger partial charge in [0.05, 0.1) is 17.6 Å². The minimum atomic E-state index is -0.0234. The summed E-state index contributed by atoms with van der Waals surface area (Å²) < 4.78 is 11.6. The molecule has 1 aliphatic rings. The maximum atomic E-state index is 13.1. The van der Waals surface area contributed by atoms with Crippen molar-refractivity contribution in [2.75, 3.05) is 26.3 Å². The van der Waals surface area contributed by atoms with Crippen molar-refractivity contribution in [3.63, 3.8) is 0 Å². The van der Waals surface area contributed by atoms with Gasteiger partial charge in [-0.2, -0.15) is 0 Å². The number of nitrogens with zero attached hydrogens (tertiary/aromatic N) is 5. The Hall–Kier alpha value is -2.03. The molecular weight excluding hydrogens is 374 g/mol. The predicted molar refractivity (Wildman–Crippen MR) is 112 cm³/mol. The van der Waals surface area contributed by atoms with Crippen LogP contribution in [0.4, 0.5) is 0 Å². The maximum absolute atomic E-state index is 13.1. The summed E-state index contributed by atoms with van der Waals surface area (Å²) in [5, 5.41) is 5.44. The standard InChI is InChI=1S/C20H27N5O2S/c1-2-27-14-8-13-23-18(26)16-9-4-5-10-17(16)25-19(23)21-24(20(25)28)15-22-11-6-3-7-12-22/h4-5,9-10H,2-3,6-8,11-15H2,1H3. The zero-order valence-corrected chi connectivity index (χ0v) is 17.2. The van der Waals surface area contributed by atoms with Crippen molar-refractivity contribution in [3.8, 4) is 0 Å². The zero-order valence-electron chi connectivity index (χ0n) is 16.3. The first-order chi connectivity index (χ1) is 13.7. The third kappa shape index (κ3) is 3.64. The Kier molecular flexibility index (Phi) is 5.89. The van der Waals surface area contributed by atoms with Gasteiger partial charge < -0.3 is 4.74 Å². The molecule has 0 aliphatic carbocycles. The fourth-order valence-corrected chi connectivity index (χ4v) is 4.20. The number of likely N-dealkylation sites (tertiary alicyclic amines) is 1. The second-order valence-corrected chi connectivity index (χ2v) is 7.63. The molecule has 0 unspecified atom stereocenters. The summed E-state index contributed by atoms with van der Waals surface area (Å²) in [6.07, 6.45) is 4.47. The van der Waals surface area contributed by atoms with E-state index in [0.717, 1.165) is 25.0 Å². The lowest BCUT2D eigenvalue weighted by atomic mass is 10.1. The Morgan fingerprint density at radius 2 is 1.96 bits per heavy atom. The van der Waals surface area contributed by atoms with Gasteiger partial charge in [-0.15, -0.1) is 5.10 Å². The minimum absolute atomic E-state index is 0.0234. The zero-order chi connectivity index (χ0) is 19.5. The fraction of sp³-hybridized carbons (Fsp3) is 0.550. The number of rotatable bonds is 7. The van der Waals surface area contributed by atoms with E-state index < -0.39 is 0 Å². The Morgan fingerprint density at radius 1 is 1.18 bits per heavy atom. The first-order valence-electron chi connectivity index (χ1n) is 10.1. The lowest BCUT2D eigenvalue weighted by molar-refractivity contribution is 0.141. The van der Waals surface area contributed by atoms with E-state index in [9.17, 15) is 4.79 Å². The van der Waals surface area contributed by atoms with Crippen LogP contribution in [0.3, 0.4) is 0 Å². The third-order valence-electron chi connectivity index (χ3n) is 5.34. The molecule has 1 fully saturated rings. The van der Waals surface area contributed by atoms with Crippen molar-refractivity contribution >= 4 is 28.9 Å². The molecule has 0 saturated carbocycles. The molecule has 1 aromatic carbocycles. The molecule has 8 heteroatoms. The molecule has 1 saturated heterocycles. The molecule has 0 amide bonds. The molecule has 2 aromatic heterocycles. The van der Waals surface area contributed by atoms with E-state index in [0.29, 0.717) is 42.4 Å². The molecule has 3 aromatic rings. The van der Waals surface area contributed by atoms with Gasteiger partial charge in [0.2, 0.25) is 10.5 Å². The largest absolute Gasteiger partial charge is 0.382 e. The van der Waals surface area contributed by atoms with Crippen molar-refractivity contribution in [1.29, 1.82) is 0 Å². The average Bonchev–Trinajstić information content (AvgIpc) is 3.04. The molecule has 0 N–H and O–H groups in total. The van der Waals surface area contributed by atoms with Gasteiger partial charge in [0.25, 0.3) is 5.56 Å². The molecular formula is C20H27N5O2S. The van der Waals surface area contributed by atoms with Crippen LogP contribution in [0.2, 0.25) is 0 Å². The second kappa shape index (κ2) is 8.55. The van der Waals surface area contributed by atoms with Gasteiger partial charge >= 0.3 is 0 Å². The highest BCUT2D eigenvalue weighted by atomic mass is 32.1. The SMILES string of the molecule is CCOCCCn1c(=O)c2ccccc2n2c(=S)n(CN3CCCCC3)nc12. The summed E-state index contributed by atoms with van der Waals surface area (Å²) in [6, 6.07) is 7.63. The number of ether oxygens (including phenoxy) is 1. The molecule has 28 heavy (non-hydrogen) atoms. The quantitative estimate of drug-likeness (QED) is 0.450. The predicted octanol–water partition coefficient (Wildman–Crippen LogP) is 3.05. The van der Waals surface area contributed by atoms with Crippen LogP contribution in [0, 0.1) is 4.77 Å². The molecule has 7 nitrogen and oxygen atoms in total. The van der Waals surface area contributed by atoms with Gasteiger partial charge in [0.15, 0.2) is 0 Å². The molecule has 1 aliphatic heterocycles. The smallest absolute Gasteiger partial charge is 0.262 e. The number of hydrogen-bond donors (Lipinski definition) is 0. The van der Waals surface area contributed by atoms with Gasteiger partial charge in [-0.25, -0.2) is 4.68 Å². The van der Waals surface area contributed by atoms with Gasteiger partial charge in [0, 0.05) is 19.8 Å². The van der Waals surface area contributed by atoms with Gasteiger partial charge in [0.1, 0.15) is 0 Å². The molecule has 150 valence electrons. The highest BCUT2D eigenvalue weighted by Gasteiger charge is 2.17. The molecule has 4 rings (SSSR count). The van der Waals surface area contributed by atoms with Crippen LogP contribution in [-0.2, 0) is 18.0 Å². The number of para-hydroxylation sites is 1. The number of piperidine rings is 1. The van der Waals surface area contributed by atoms with Crippen molar-refractivity contribution in [2.45, 2.75) is 45.8 Å². The van der Waals surface area contributed by atoms with E-state index in [-0.39, 0.29) is 5.56 Å². The van der Waals surface area contributed by atoms with E-state index in [1.807, 2.05) is 40.3 Å². The lowest BCUT2D eigenvalue weighted by Gasteiger charge is -2.25. The number of benzene rings is 1. The fourth-order valence-electron chi connectivity index (χ4n) is 3.92. The lowest BCUT2D eigenvalue weighted by Crippen LogP contribution is -2.32. The molecule has 0 atom stereocenters. The van der Waals surface area contributed by atoms with Gasteiger partial charge in [-0.1, -0.05) is 18.6 Å². The summed E-state index contributed by atoms with van der Waals surface area (Å²) in [4.78, 5) is 15.5. The summed E-state index contributed by atoms with van der Waals surface area (Å²) in [5.74, 6) is 0.613. The normalized spacial score (nSPS) is 15.6. The van der Waals surface area contributed by atoms with Crippen LogP contribution in [0.1, 0.15) is 32.6 Å². The van der Waals surface area contributed by atoms with E-state index in [1.165, 1.54) is 19.3 Å². The Morgan fingerprint density at radius 3 is 2.75 bits per heavy atom. The third-order valence-corrected chi connectivity index (χ3v) is 5.73. The highest BCUT2D eigenvalue weighted by molar-refractivity contribution is 7.71. The van der Waals surface area contributed by atoms with Crippen LogP contribution < -0.4 is 5.56 Å².